The first-order chi connectivity index (χ1) is 16.1. The van der Waals surface area contributed by atoms with E-state index in [9.17, 15) is 4.79 Å². The number of nitrogens with zero attached hydrogens (tertiary/aromatic N) is 1. The van der Waals surface area contributed by atoms with Crippen LogP contribution in [0.2, 0.25) is 0 Å². The van der Waals surface area contributed by atoms with Gasteiger partial charge in [0.2, 0.25) is 5.43 Å². The molecule has 0 saturated carbocycles. The van der Waals surface area contributed by atoms with E-state index in [2.05, 4.69) is 11.5 Å². The summed E-state index contributed by atoms with van der Waals surface area (Å²) in [6.07, 6.45) is 10.3. The van der Waals surface area contributed by atoms with Crippen LogP contribution in [0.1, 0.15) is 49.4 Å². The van der Waals surface area contributed by atoms with Crippen molar-refractivity contribution >= 4 is 12.2 Å². The number of hydrogen-bond donors (Lipinski definition) is 0. The van der Waals surface area contributed by atoms with Crippen molar-refractivity contribution in [3.05, 3.63) is 87.8 Å². The van der Waals surface area contributed by atoms with Gasteiger partial charge < -0.3 is 18.8 Å². The first-order valence-corrected chi connectivity index (χ1v) is 11.4. The maximum Gasteiger partial charge on any atom is 0.223 e. The summed E-state index contributed by atoms with van der Waals surface area (Å²) in [5.41, 5.74) is 2.67. The molecule has 0 aliphatic carbocycles. The number of rotatable bonds is 12. The van der Waals surface area contributed by atoms with Crippen LogP contribution in [0.5, 0.6) is 17.2 Å². The largest absolute Gasteiger partial charge is 0.497 e. The lowest BCUT2D eigenvalue weighted by molar-refractivity contribution is 0.299. The molecule has 0 saturated heterocycles. The number of aromatic nitrogens is 1. The molecule has 1 heterocycles. The number of methoxy groups -OCH3 is 2. The van der Waals surface area contributed by atoms with Crippen molar-refractivity contribution in [3.63, 3.8) is 0 Å². The van der Waals surface area contributed by atoms with E-state index in [4.69, 9.17) is 14.2 Å². The molecule has 0 unspecified atom stereocenters. The normalized spacial score (nSPS) is 11.0. The van der Waals surface area contributed by atoms with E-state index in [0.29, 0.717) is 12.4 Å². The third kappa shape index (κ3) is 7.28. The lowest BCUT2D eigenvalue weighted by atomic mass is 10.1. The molecular weight excluding hydrogens is 414 g/mol. The smallest absolute Gasteiger partial charge is 0.223 e. The van der Waals surface area contributed by atoms with E-state index >= 15 is 0 Å². The highest BCUT2D eigenvalue weighted by molar-refractivity contribution is 5.70. The van der Waals surface area contributed by atoms with Crippen LogP contribution in [0.3, 0.4) is 0 Å². The summed E-state index contributed by atoms with van der Waals surface area (Å²) in [6.45, 7) is 3.39. The number of hydrogen-bond acceptors (Lipinski definition) is 4. The van der Waals surface area contributed by atoms with Crippen LogP contribution >= 0.6 is 0 Å². The molecule has 0 bridgehead atoms. The van der Waals surface area contributed by atoms with Crippen LogP contribution in [0, 0.1) is 0 Å². The highest BCUT2D eigenvalue weighted by Crippen LogP contribution is 2.24. The molecular formula is C28H33NO4. The molecule has 0 spiro atoms. The fraction of sp³-hybridized carbons (Fsp3) is 0.321. The Morgan fingerprint density at radius 3 is 2.27 bits per heavy atom. The Balaban J connectivity index is 1.86. The molecule has 1 aromatic heterocycles. The summed E-state index contributed by atoms with van der Waals surface area (Å²) in [5.74, 6) is 1.81. The molecule has 5 heteroatoms. The maximum absolute atomic E-state index is 12.8. The molecule has 0 aliphatic rings. The summed E-state index contributed by atoms with van der Waals surface area (Å²) < 4.78 is 18.7. The van der Waals surface area contributed by atoms with Crippen molar-refractivity contribution in [2.45, 2.75) is 45.8 Å². The van der Waals surface area contributed by atoms with Gasteiger partial charge in [-0.1, -0.05) is 62.6 Å². The van der Waals surface area contributed by atoms with Crippen LogP contribution in [0.4, 0.5) is 0 Å². The third-order valence-electron chi connectivity index (χ3n) is 5.44. The molecule has 0 radical (unpaired) electrons. The Bertz CT molecular complexity index is 1080. The molecule has 0 aliphatic heterocycles. The molecule has 0 amide bonds. The zero-order valence-electron chi connectivity index (χ0n) is 19.8. The predicted molar refractivity (Wildman–Crippen MR) is 134 cm³/mol. The van der Waals surface area contributed by atoms with Crippen LogP contribution in [-0.4, -0.2) is 18.8 Å². The molecule has 3 rings (SSSR count). The molecule has 174 valence electrons. The van der Waals surface area contributed by atoms with Crippen LogP contribution in [0.15, 0.2) is 65.6 Å². The number of ether oxygens (including phenoxy) is 3. The summed E-state index contributed by atoms with van der Waals surface area (Å²) in [5, 5.41) is 0. The molecule has 0 atom stereocenters. The number of aryl methyl sites for hydroxylation is 1. The predicted octanol–water partition coefficient (Wildman–Crippen LogP) is 6.20. The van der Waals surface area contributed by atoms with Gasteiger partial charge in [0, 0.05) is 24.4 Å². The Hall–Kier alpha value is -3.47. The van der Waals surface area contributed by atoms with Crippen molar-refractivity contribution in [2.75, 3.05) is 14.2 Å². The van der Waals surface area contributed by atoms with Gasteiger partial charge in [-0.25, -0.2) is 0 Å². The zero-order valence-corrected chi connectivity index (χ0v) is 19.8. The topological polar surface area (TPSA) is 49.7 Å². The molecule has 5 nitrogen and oxygen atoms in total. The van der Waals surface area contributed by atoms with Crippen LogP contribution in [-0.2, 0) is 13.2 Å². The first kappa shape index (κ1) is 24.2. The second kappa shape index (κ2) is 12.5. The second-order valence-corrected chi connectivity index (χ2v) is 7.93. The average molecular weight is 448 g/mol. The van der Waals surface area contributed by atoms with E-state index in [1.807, 2.05) is 66.9 Å². The lowest BCUT2D eigenvalue weighted by Gasteiger charge is -2.14. The monoisotopic (exact) mass is 447 g/mol. The van der Waals surface area contributed by atoms with Gasteiger partial charge in [-0.15, -0.1) is 0 Å². The van der Waals surface area contributed by atoms with Gasteiger partial charge in [-0.2, -0.15) is 0 Å². The van der Waals surface area contributed by atoms with Crippen LogP contribution < -0.4 is 19.6 Å². The fourth-order valence-electron chi connectivity index (χ4n) is 3.57. The summed E-state index contributed by atoms with van der Waals surface area (Å²) >= 11 is 0. The summed E-state index contributed by atoms with van der Waals surface area (Å²) in [7, 11) is 3.26. The quantitative estimate of drug-likeness (QED) is 0.310. The summed E-state index contributed by atoms with van der Waals surface area (Å²) in [6, 6.07) is 17.2. The standard InChI is InChI=1S/C28H33NO4/c1-4-5-6-10-15-29-20-28(33-21-22-11-8-7-9-12-22)27(30)18-24(29)14-13-23-16-25(31-2)19-26(17-23)32-3/h7-9,11-14,16-20H,4-6,10,15,21H2,1-3H3. The lowest BCUT2D eigenvalue weighted by Crippen LogP contribution is -2.14. The van der Waals surface area contributed by atoms with Crippen molar-refractivity contribution < 1.29 is 14.2 Å². The maximum atomic E-state index is 12.8. The Morgan fingerprint density at radius 1 is 0.879 bits per heavy atom. The van der Waals surface area contributed by atoms with Gasteiger partial charge in [-0.05, 0) is 35.8 Å². The molecule has 0 fully saturated rings. The molecule has 3 aromatic rings. The van der Waals surface area contributed by atoms with Crippen molar-refractivity contribution in [1.29, 1.82) is 0 Å². The SMILES string of the molecule is CCCCCCn1cc(OCc2ccccc2)c(=O)cc1C=Cc1cc(OC)cc(OC)c1. The van der Waals surface area contributed by atoms with E-state index in [1.165, 1.54) is 12.8 Å². The minimum Gasteiger partial charge on any atom is -0.497 e. The highest BCUT2D eigenvalue weighted by Gasteiger charge is 2.08. The highest BCUT2D eigenvalue weighted by atomic mass is 16.5. The third-order valence-corrected chi connectivity index (χ3v) is 5.44. The van der Waals surface area contributed by atoms with E-state index in [0.717, 1.165) is 47.7 Å². The zero-order chi connectivity index (χ0) is 23.5. The molecule has 33 heavy (non-hydrogen) atoms. The van der Waals surface area contributed by atoms with Crippen LogP contribution in [0.25, 0.3) is 12.2 Å². The number of benzene rings is 2. The first-order valence-electron chi connectivity index (χ1n) is 11.4. The Kier molecular flexibility index (Phi) is 9.19. The van der Waals surface area contributed by atoms with E-state index in [1.54, 1.807) is 20.3 Å². The van der Waals surface area contributed by atoms with Crippen molar-refractivity contribution in [1.82, 2.24) is 4.57 Å². The minimum absolute atomic E-state index is 0.126. The van der Waals surface area contributed by atoms with Crippen molar-refractivity contribution in [3.8, 4) is 17.2 Å². The van der Waals surface area contributed by atoms with E-state index < -0.39 is 0 Å². The Labute approximate surface area is 196 Å². The molecule has 2 aromatic carbocycles. The van der Waals surface area contributed by atoms with Crippen molar-refractivity contribution in [2.24, 2.45) is 0 Å². The second-order valence-electron chi connectivity index (χ2n) is 7.93. The fourth-order valence-corrected chi connectivity index (χ4v) is 3.57. The van der Waals surface area contributed by atoms with Gasteiger partial charge in [0.05, 0.1) is 20.4 Å². The van der Waals surface area contributed by atoms with Gasteiger partial charge in [-0.3, -0.25) is 4.79 Å². The number of unbranched alkanes of at least 4 members (excludes halogenated alkanes) is 3. The molecule has 0 N–H and O–H groups in total. The number of pyridine rings is 1. The van der Waals surface area contributed by atoms with Gasteiger partial charge >= 0.3 is 0 Å². The summed E-state index contributed by atoms with van der Waals surface area (Å²) in [4.78, 5) is 12.8. The minimum atomic E-state index is -0.126. The van der Waals surface area contributed by atoms with Gasteiger partial charge in [0.15, 0.2) is 5.75 Å². The van der Waals surface area contributed by atoms with Gasteiger partial charge in [0.25, 0.3) is 0 Å². The average Bonchev–Trinajstić information content (AvgIpc) is 2.85. The van der Waals surface area contributed by atoms with E-state index in [-0.39, 0.29) is 5.43 Å². The Morgan fingerprint density at radius 2 is 1.61 bits per heavy atom. The van der Waals surface area contributed by atoms with Gasteiger partial charge in [0.1, 0.15) is 18.1 Å².